The molecule has 1 aromatic heterocycles. The number of ether oxygens (including phenoxy) is 1. The average molecular weight is 209 g/mol. The van der Waals surface area contributed by atoms with Crippen molar-refractivity contribution in [2.75, 3.05) is 12.4 Å². The first-order valence-corrected chi connectivity index (χ1v) is 5.19. The Morgan fingerprint density at radius 3 is 2.60 bits per heavy atom. The highest BCUT2D eigenvalue weighted by molar-refractivity contribution is 5.29. The van der Waals surface area contributed by atoms with Crippen LogP contribution in [0.4, 0.5) is 5.95 Å². The lowest BCUT2D eigenvalue weighted by atomic mass is 10.1. The third-order valence-electron chi connectivity index (χ3n) is 2.29. The van der Waals surface area contributed by atoms with Crippen LogP contribution in [0.3, 0.4) is 0 Å². The fraction of sp³-hybridized carbons (Fsp3) is 0.636. The molecule has 1 heterocycles. The summed E-state index contributed by atoms with van der Waals surface area (Å²) in [5, 5.41) is 2.91. The Kier molecular flexibility index (Phi) is 3.50. The monoisotopic (exact) mass is 209 g/mol. The zero-order valence-corrected chi connectivity index (χ0v) is 10.1. The van der Waals surface area contributed by atoms with Crippen LogP contribution < -0.4 is 10.1 Å². The maximum Gasteiger partial charge on any atom is 0.225 e. The summed E-state index contributed by atoms with van der Waals surface area (Å²) >= 11 is 0. The molecule has 0 amide bonds. The smallest absolute Gasteiger partial charge is 0.225 e. The summed E-state index contributed by atoms with van der Waals surface area (Å²) in [5.74, 6) is 1.22. The number of aromatic nitrogens is 2. The Hall–Kier alpha value is -1.32. The van der Waals surface area contributed by atoms with Crippen molar-refractivity contribution < 1.29 is 4.74 Å². The van der Waals surface area contributed by atoms with Gasteiger partial charge in [-0.1, -0.05) is 6.92 Å². The largest absolute Gasteiger partial charge is 0.472 e. The van der Waals surface area contributed by atoms with Gasteiger partial charge in [0.25, 0.3) is 0 Å². The van der Waals surface area contributed by atoms with Crippen LogP contribution in [0.5, 0.6) is 5.88 Å². The predicted molar refractivity (Wildman–Crippen MR) is 61.3 cm³/mol. The Morgan fingerprint density at radius 2 is 2.07 bits per heavy atom. The molecule has 0 unspecified atom stereocenters. The number of nitrogens with one attached hydrogen (secondary N) is 1. The molecule has 1 aromatic rings. The van der Waals surface area contributed by atoms with Crippen molar-refractivity contribution in [1.82, 2.24) is 9.97 Å². The Morgan fingerprint density at radius 1 is 1.40 bits per heavy atom. The summed E-state index contributed by atoms with van der Waals surface area (Å²) in [6.45, 7) is 8.11. The van der Waals surface area contributed by atoms with Gasteiger partial charge in [-0.25, -0.2) is 4.98 Å². The van der Waals surface area contributed by atoms with Gasteiger partial charge >= 0.3 is 0 Å². The van der Waals surface area contributed by atoms with Crippen molar-refractivity contribution >= 4 is 5.95 Å². The molecule has 0 saturated carbocycles. The van der Waals surface area contributed by atoms with E-state index in [1.807, 2.05) is 26.8 Å². The average Bonchev–Trinajstić information content (AvgIpc) is 2.16. The molecular formula is C11H19N3O. The topological polar surface area (TPSA) is 47.0 Å². The lowest BCUT2D eigenvalue weighted by molar-refractivity contribution is 0.0989. The van der Waals surface area contributed by atoms with E-state index >= 15 is 0 Å². The summed E-state index contributed by atoms with van der Waals surface area (Å²) in [5.41, 5.74) is 0.711. The minimum Gasteiger partial charge on any atom is -0.472 e. The summed E-state index contributed by atoms with van der Waals surface area (Å²) in [6.07, 6.45) is 0.935. The standard InChI is InChI=1S/C11H19N3O/c1-6-11(3,4)15-9-7-8(2)13-10(12-5)14-9/h7H,6H2,1-5H3,(H,12,13,14). The number of aryl methyl sites for hydroxylation is 1. The van der Waals surface area contributed by atoms with E-state index in [0.717, 1.165) is 12.1 Å². The molecular weight excluding hydrogens is 190 g/mol. The predicted octanol–water partition coefficient (Wildman–Crippen LogP) is 2.39. The zero-order chi connectivity index (χ0) is 11.5. The van der Waals surface area contributed by atoms with Gasteiger partial charge in [-0.05, 0) is 27.2 Å². The zero-order valence-electron chi connectivity index (χ0n) is 10.1. The van der Waals surface area contributed by atoms with E-state index in [1.54, 1.807) is 7.05 Å². The van der Waals surface area contributed by atoms with Gasteiger partial charge in [0, 0.05) is 18.8 Å². The third-order valence-corrected chi connectivity index (χ3v) is 2.29. The summed E-state index contributed by atoms with van der Waals surface area (Å²) in [6, 6.07) is 1.85. The normalized spacial score (nSPS) is 11.3. The van der Waals surface area contributed by atoms with Gasteiger partial charge in [0.05, 0.1) is 0 Å². The summed E-state index contributed by atoms with van der Waals surface area (Å²) < 4.78 is 5.78. The highest BCUT2D eigenvalue weighted by Crippen LogP contribution is 2.20. The van der Waals surface area contributed by atoms with E-state index in [2.05, 4.69) is 22.2 Å². The molecule has 84 valence electrons. The second-order valence-electron chi connectivity index (χ2n) is 4.14. The highest BCUT2D eigenvalue weighted by Gasteiger charge is 2.18. The Balaban J connectivity index is 2.90. The van der Waals surface area contributed by atoms with E-state index < -0.39 is 0 Å². The number of anilines is 1. The van der Waals surface area contributed by atoms with Gasteiger partial charge in [-0.15, -0.1) is 0 Å². The minimum absolute atomic E-state index is 0.189. The first kappa shape index (κ1) is 11.8. The first-order valence-electron chi connectivity index (χ1n) is 5.19. The van der Waals surface area contributed by atoms with E-state index in [4.69, 9.17) is 4.74 Å². The molecule has 0 bridgehead atoms. The van der Waals surface area contributed by atoms with E-state index in [-0.39, 0.29) is 5.60 Å². The number of rotatable bonds is 4. The lowest BCUT2D eigenvalue weighted by Gasteiger charge is -2.24. The van der Waals surface area contributed by atoms with Crippen molar-refractivity contribution in [3.05, 3.63) is 11.8 Å². The van der Waals surface area contributed by atoms with Crippen LogP contribution in [-0.4, -0.2) is 22.6 Å². The maximum atomic E-state index is 5.78. The maximum absolute atomic E-state index is 5.78. The molecule has 4 nitrogen and oxygen atoms in total. The molecule has 0 radical (unpaired) electrons. The molecule has 0 saturated heterocycles. The molecule has 1 rings (SSSR count). The molecule has 15 heavy (non-hydrogen) atoms. The van der Waals surface area contributed by atoms with Gasteiger partial charge in [0.2, 0.25) is 11.8 Å². The number of hydrogen-bond donors (Lipinski definition) is 1. The Labute approximate surface area is 91.1 Å². The van der Waals surface area contributed by atoms with Gasteiger partial charge in [0.1, 0.15) is 5.60 Å². The molecule has 0 spiro atoms. The fourth-order valence-electron chi connectivity index (χ4n) is 1.06. The van der Waals surface area contributed by atoms with E-state index in [1.165, 1.54) is 0 Å². The second-order valence-corrected chi connectivity index (χ2v) is 4.14. The van der Waals surface area contributed by atoms with Gasteiger partial charge in [-0.3, -0.25) is 0 Å². The molecule has 0 aliphatic rings. The molecule has 1 N–H and O–H groups in total. The summed E-state index contributed by atoms with van der Waals surface area (Å²) in [4.78, 5) is 8.45. The SMILES string of the molecule is CCC(C)(C)Oc1cc(C)nc(NC)n1. The second kappa shape index (κ2) is 4.47. The van der Waals surface area contributed by atoms with Crippen molar-refractivity contribution in [3.63, 3.8) is 0 Å². The van der Waals surface area contributed by atoms with E-state index in [9.17, 15) is 0 Å². The van der Waals surface area contributed by atoms with Crippen LogP contribution in [0.2, 0.25) is 0 Å². The quantitative estimate of drug-likeness (QED) is 0.827. The molecule has 0 atom stereocenters. The van der Waals surface area contributed by atoms with Crippen molar-refractivity contribution in [2.45, 2.75) is 39.7 Å². The van der Waals surface area contributed by atoms with Crippen LogP contribution in [0, 0.1) is 6.92 Å². The van der Waals surface area contributed by atoms with Gasteiger partial charge in [0.15, 0.2) is 0 Å². The Bertz CT molecular complexity index is 337. The van der Waals surface area contributed by atoms with Crippen molar-refractivity contribution in [1.29, 1.82) is 0 Å². The highest BCUT2D eigenvalue weighted by atomic mass is 16.5. The molecule has 4 heteroatoms. The lowest BCUT2D eigenvalue weighted by Crippen LogP contribution is -2.27. The number of hydrogen-bond acceptors (Lipinski definition) is 4. The first-order chi connectivity index (χ1) is 6.96. The van der Waals surface area contributed by atoms with Crippen LogP contribution in [0.25, 0.3) is 0 Å². The van der Waals surface area contributed by atoms with E-state index in [0.29, 0.717) is 11.8 Å². The molecule has 0 fully saturated rings. The van der Waals surface area contributed by atoms with Crippen LogP contribution >= 0.6 is 0 Å². The third kappa shape index (κ3) is 3.38. The molecule has 0 aliphatic heterocycles. The molecule has 0 aliphatic carbocycles. The van der Waals surface area contributed by atoms with Crippen molar-refractivity contribution in [2.24, 2.45) is 0 Å². The van der Waals surface area contributed by atoms with Crippen molar-refractivity contribution in [3.8, 4) is 5.88 Å². The van der Waals surface area contributed by atoms with Crippen LogP contribution in [-0.2, 0) is 0 Å². The van der Waals surface area contributed by atoms with Crippen LogP contribution in [0.15, 0.2) is 6.07 Å². The van der Waals surface area contributed by atoms with Gasteiger partial charge < -0.3 is 10.1 Å². The molecule has 0 aromatic carbocycles. The van der Waals surface area contributed by atoms with Gasteiger partial charge in [-0.2, -0.15) is 4.98 Å². The minimum atomic E-state index is -0.189. The van der Waals surface area contributed by atoms with Crippen LogP contribution in [0.1, 0.15) is 32.9 Å². The fourth-order valence-corrected chi connectivity index (χ4v) is 1.06. The number of nitrogens with zero attached hydrogens (tertiary/aromatic N) is 2. The summed E-state index contributed by atoms with van der Waals surface area (Å²) in [7, 11) is 1.80.